The first-order valence-electron chi connectivity index (χ1n) is 8.83. The van der Waals surface area contributed by atoms with Gasteiger partial charge in [0.2, 0.25) is 0 Å². The molecule has 30 heavy (non-hydrogen) atoms. The Kier molecular flexibility index (Phi) is 7.09. The van der Waals surface area contributed by atoms with Gasteiger partial charge < -0.3 is 9.64 Å². The second-order valence-corrected chi connectivity index (χ2v) is 9.05. The van der Waals surface area contributed by atoms with Gasteiger partial charge in [0.25, 0.3) is 0 Å². The molecule has 1 heterocycles. The van der Waals surface area contributed by atoms with E-state index in [4.69, 9.17) is 8.47 Å². The Labute approximate surface area is 180 Å². The zero-order valence-electron chi connectivity index (χ0n) is 16.7. The van der Waals surface area contributed by atoms with Crippen molar-refractivity contribution in [3.05, 3.63) is 77.9 Å². The maximum atomic E-state index is 11.6. The van der Waals surface area contributed by atoms with Crippen LogP contribution in [0.1, 0.15) is 11.1 Å². The second-order valence-electron chi connectivity index (χ2n) is 6.43. The van der Waals surface area contributed by atoms with E-state index in [2.05, 4.69) is 4.99 Å². The van der Waals surface area contributed by atoms with Crippen molar-refractivity contribution in [1.82, 2.24) is 4.90 Å². The van der Waals surface area contributed by atoms with Gasteiger partial charge in [0.15, 0.2) is 10.8 Å². The molecule has 0 amide bonds. The maximum Gasteiger partial charge on any atom is 0.167 e. The Morgan fingerprint density at radius 2 is 1.60 bits per heavy atom. The minimum Gasteiger partial charge on any atom is -0.497 e. The summed E-state index contributed by atoms with van der Waals surface area (Å²) in [5.41, 5.74) is 2.20. The SMILES string of the molecule is COc1ccc(C2=CC=C(c3ccccc3)C(N=CN(C)C)=S2O[Cl+3]([O-])([O-])[O-])cc1. The van der Waals surface area contributed by atoms with Crippen molar-refractivity contribution in [3.8, 4) is 5.75 Å². The van der Waals surface area contributed by atoms with E-state index in [0.29, 0.717) is 26.8 Å². The molecule has 2 aromatic rings. The first kappa shape index (κ1) is 22.2. The summed E-state index contributed by atoms with van der Waals surface area (Å²) < 4.78 is 44.9. The molecule has 0 fully saturated rings. The first-order valence-corrected chi connectivity index (χ1v) is 11.2. The molecule has 9 heteroatoms. The van der Waals surface area contributed by atoms with E-state index in [9.17, 15) is 14.0 Å². The van der Waals surface area contributed by atoms with Gasteiger partial charge in [-0.25, -0.2) is 4.99 Å². The van der Waals surface area contributed by atoms with E-state index in [1.807, 2.05) is 36.4 Å². The molecule has 1 aliphatic rings. The van der Waals surface area contributed by atoms with Gasteiger partial charge in [-0.3, -0.25) is 0 Å². The standard InChI is InChI=1S/C21H21ClN2O5S/c1-24(2)15-23-21-19(16-7-5-4-6-8-16)13-14-20(30(21)29-22(25,26)27)17-9-11-18(28-3)12-10-17/h4-15H,1-3H3. The quantitative estimate of drug-likeness (QED) is 0.370. The molecule has 158 valence electrons. The highest BCUT2D eigenvalue weighted by molar-refractivity contribution is 8.20. The number of nitrogens with zero attached hydrogens (tertiary/aromatic N) is 2. The van der Waals surface area contributed by atoms with Gasteiger partial charge in [0, 0.05) is 19.7 Å². The fraction of sp³-hybridized carbons (Fsp3) is 0.143. The number of methoxy groups -OCH3 is 1. The molecule has 0 aromatic heterocycles. The Morgan fingerprint density at radius 3 is 2.17 bits per heavy atom. The normalized spacial score (nSPS) is 17.0. The minimum absolute atomic E-state index is 0.343. The lowest BCUT2D eigenvalue weighted by molar-refractivity contribution is -1.91. The molecule has 0 N–H and O–H groups in total. The van der Waals surface area contributed by atoms with Crippen LogP contribution in [0.3, 0.4) is 0 Å². The van der Waals surface area contributed by atoms with E-state index in [1.54, 1.807) is 62.8 Å². The highest BCUT2D eigenvalue weighted by Crippen LogP contribution is 2.44. The summed E-state index contributed by atoms with van der Waals surface area (Å²) in [5, 5.41) is 0. The third-order valence-electron chi connectivity index (χ3n) is 4.01. The van der Waals surface area contributed by atoms with Crippen LogP contribution in [-0.2, 0) is 3.74 Å². The average Bonchev–Trinajstić information content (AvgIpc) is 2.72. The van der Waals surface area contributed by atoms with Crippen LogP contribution < -0.4 is 18.7 Å². The molecule has 7 nitrogen and oxygen atoms in total. The van der Waals surface area contributed by atoms with Crippen molar-refractivity contribution >= 4 is 32.6 Å². The van der Waals surface area contributed by atoms with Crippen LogP contribution in [0.4, 0.5) is 0 Å². The molecule has 2 aromatic carbocycles. The van der Waals surface area contributed by atoms with Crippen LogP contribution in [0.5, 0.6) is 5.75 Å². The van der Waals surface area contributed by atoms with Crippen LogP contribution in [0.2, 0.25) is 0 Å². The fourth-order valence-corrected chi connectivity index (χ4v) is 5.12. The van der Waals surface area contributed by atoms with Crippen LogP contribution in [-0.4, -0.2) is 37.4 Å². The van der Waals surface area contributed by atoms with E-state index >= 15 is 0 Å². The zero-order valence-corrected chi connectivity index (χ0v) is 18.2. The minimum atomic E-state index is -4.69. The van der Waals surface area contributed by atoms with Gasteiger partial charge in [-0.15, -0.1) is 0 Å². The van der Waals surface area contributed by atoms with Crippen molar-refractivity contribution in [2.75, 3.05) is 21.2 Å². The highest BCUT2D eigenvalue weighted by atomic mass is 35.7. The van der Waals surface area contributed by atoms with Gasteiger partial charge >= 0.3 is 0 Å². The molecule has 0 radical (unpaired) electrons. The monoisotopic (exact) mass is 448 g/mol. The van der Waals surface area contributed by atoms with Gasteiger partial charge in [-0.1, -0.05) is 48.5 Å². The van der Waals surface area contributed by atoms with Crippen molar-refractivity contribution in [3.63, 3.8) is 0 Å². The number of halogens is 1. The van der Waals surface area contributed by atoms with Crippen molar-refractivity contribution in [2.45, 2.75) is 0 Å². The smallest absolute Gasteiger partial charge is 0.167 e. The summed E-state index contributed by atoms with van der Waals surface area (Å²) in [7, 11) is -1.11. The predicted octanol–water partition coefficient (Wildman–Crippen LogP) is 0.951. The lowest BCUT2D eigenvalue weighted by Crippen LogP contribution is -2.60. The second kappa shape index (κ2) is 9.57. The summed E-state index contributed by atoms with van der Waals surface area (Å²) >= 11 is 0. The van der Waals surface area contributed by atoms with Crippen LogP contribution in [0.25, 0.3) is 10.5 Å². The summed E-state index contributed by atoms with van der Waals surface area (Å²) in [4.78, 5) is 7.06. The van der Waals surface area contributed by atoms with E-state index in [1.165, 1.54) is 0 Å². The van der Waals surface area contributed by atoms with E-state index in [0.717, 1.165) is 5.56 Å². The van der Waals surface area contributed by atoms with Crippen LogP contribution in [0, 0.1) is 10.2 Å². The molecule has 1 unspecified atom stereocenters. The lowest BCUT2D eigenvalue weighted by atomic mass is 10.0. The fourth-order valence-electron chi connectivity index (χ4n) is 2.72. The molecular formula is C21H21ClN2O5S. The molecule has 0 spiro atoms. The Morgan fingerprint density at radius 1 is 0.933 bits per heavy atom. The lowest BCUT2D eigenvalue weighted by Gasteiger charge is -2.21. The number of benzene rings is 2. The Balaban J connectivity index is 2.21. The number of ether oxygens (including phenoxy) is 1. The van der Waals surface area contributed by atoms with Crippen molar-refractivity contribution in [2.24, 2.45) is 4.99 Å². The number of hydrogen-bond donors (Lipinski definition) is 0. The van der Waals surface area contributed by atoms with Crippen molar-refractivity contribution in [1.29, 1.82) is 0 Å². The van der Waals surface area contributed by atoms with E-state index in [-0.39, 0.29) is 0 Å². The highest BCUT2D eigenvalue weighted by Gasteiger charge is 2.32. The summed E-state index contributed by atoms with van der Waals surface area (Å²) in [6, 6.07) is 16.4. The summed E-state index contributed by atoms with van der Waals surface area (Å²) in [5.74, 6) is 0.654. The summed E-state index contributed by atoms with van der Waals surface area (Å²) in [6.07, 6.45) is 5.14. The van der Waals surface area contributed by atoms with Crippen molar-refractivity contribution < 1.29 is 32.7 Å². The average molecular weight is 449 g/mol. The van der Waals surface area contributed by atoms with Gasteiger partial charge in [0.1, 0.15) is 14.5 Å². The molecule has 0 aliphatic carbocycles. The van der Waals surface area contributed by atoms with Gasteiger partial charge in [-0.2, -0.15) is 14.0 Å². The zero-order chi connectivity index (χ0) is 21.7. The molecule has 0 bridgehead atoms. The van der Waals surface area contributed by atoms with Crippen LogP contribution in [0.15, 0.2) is 71.7 Å². The largest absolute Gasteiger partial charge is 0.497 e. The summed E-state index contributed by atoms with van der Waals surface area (Å²) in [6.45, 7) is 0. The topological polar surface area (TPSA) is 103 Å². The number of rotatable bonds is 6. The third kappa shape index (κ3) is 5.57. The molecule has 3 rings (SSSR count). The van der Waals surface area contributed by atoms with Gasteiger partial charge in [0.05, 0.1) is 28.6 Å². The predicted molar refractivity (Wildman–Crippen MR) is 111 cm³/mol. The number of allylic oxidation sites excluding steroid dienone is 2. The number of aliphatic imine (C=N–C) groups is 1. The third-order valence-corrected chi connectivity index (χ3v) is 6.58. The Bertz CT molecular complexity index is 1010. The molecule has 1 atom stereocenters. The van der Waals surface area contributed by atoms with E-state index < -0.39 is 21.0 Å². The van der Waals surface area contributed by atoms with Gasteiger partial charge in [-0.05, 0) is 29.3 Å². The molecule has 0 saturated carbocycles. The maximum absolute atomic E-state index is 11.6. The molecule has 0 saturated heterocycles. The molecule has 1 aliphatic heterocycles. The molecular weight excluding hydrogens is 428 g/mol. The first-order chi connectivity index (χ1) is 14.3. The number of hydrogen-bond acceptors (Lipinski definition) is 6. The van der Waals surface area contributed by atoms with Crippen LogP contribution >= 0.6 is 10.8 Å². The Hall–Kier alpha value is -2.46.